The number of carbonyl (C=O) groups is 1. The normalized spacial score (nSPS) is 21.2. The number of rotatable bonds is 4. The van der Waals surface area contributed by atoms with E-state index in [0.29, 0.717) is 11.3 Å². The summed E-state index contributed by atoms with van der Waals surface area (Å²) in [5, 5.41) is 14.8. The van der Waals surface area contributed by atoms with Crippen molar-refractivity contribution in [2.45, 2.75) is 57.4 Å². The van der Waals surface area contributed by atoms with Crippen molar-refractivity contribution in [1.29, 1.82) is 5.26 Å². The number of urea groups is 1. The number of piperidine rings is 1. The molecule has 1 saturated heterocycles. The summed E-state index contributed by atoms with van der Waals surface area (Å²) in [6.07, 6.45) is 12.4. The predicted molar refractivity (Wildman–Crippen MR) is 109 cm³/mol. The van der Waals surface area contributed by atoms with Gasteiger partial charge in [-0.05, 0) is 62.8 Å². The van der Waals surface area contributed by atoms with Crippen molar-refractivity contribution in [3.05, 3.63) is 41.5 Å². The molecule has 0 radical (unpaired) electrons. The summed E-state index contributed by atoms with van der Waals surface area (Å²) in [6.45, 7) is 3.18. The molecule has 2 amide bonds. The minimum Gasteiger partial charge on any atom is -0.335 e. The number of nitriles is 1. The second-order valence-electron chi connectivity index (χ2n) is 7.65. The van der Waals surface area contributed by atoms with Crippen molar-refractivity contribution in [2.75, 3.05) is 25.0 Å². The van der Waals surface area contributed by atoms with E-state index in [4.69, 9.17) is 5.26 Å². The molecule has 0 saturated carbocycles. The Morgan fingerprint density at radius 3 is 2.59 bits per heavy atom. The lowest BCUT2D eigenvalue weighted by molar-refractivity contribution is 0.205. The SMILES string of the molecule is N#Cc1ccc(NC(=O)NC2CCN(C/C3=C/CCCCCC3)CC2)cc1. The first-order valence-corrected chi connectivity index (χ1v) is 10.2. The Labute approximate surface area is 162 Å². The van der Waals surface area contributed by atoms with E-state index in [0.717, 1.165) is 32.5 Å². The largest absolute Gasteiger partial charge is 0.335 e. The molecule has 5 nitrogen and oxygen atoms in total. The van der Waals surface area contributed by atoms with Crippen LogP contribution in [0.1, 0.15) is 56.9 Å². The lowest BCUT2D eigenvalue weighted by atomic mass is 9.98. The molecule has 0 atom stereocenters. The van der Waals surface area contributed by atoms with E-state index in [1.807, 2.05) is 0 Å². The van der Waals surface area contributed by atoms with Gasteiger partial charge in [0.05, 0.1) is 11.6 Å². The van der Waals surface area contributed by atoms with Crippen LogP contribution in [0, 0.1) is 11.3 Å². The van der Waals surface area contributed by atoms with E-state index in [1.54, 1.807) is 29.8 Å². The molecule has 0 bridgehead atoms. The van der Waals surface area contributed by atoms with Gasteiger partial charge < -0.3 is 10.6 Å². The Bertz CT molecular complexity index is 681. The number of likely N-dealkylation sites (tertiary alicyclic amines) is 1. The molecule has 1 aliphatic carbocycles. The van der Waals surface area contributed by atoms with Crippen molar-refractivity contribution in [1.82, 2.24) is 10.2 Å². The highest BCUT2D eigenvalue weighted by Crippen LogP contribution is 2.20. The molecule has 0 spiro atoms. The summed E-state index contributed by atoms with van der Waals surface area (Å²) in [6, 6.07) is 9.06. The van der Waals surface area contributed by atoms with E-state index < -0.39 is 0 Å². The van der Waals surface area contributed by atoms with Gasteiger partial charge in [-0.1, -0.05) is 24.5 Å². The summed E-state index contributed by atoms with van der Waals surface area (Å²) in [4.78, 5) is 14.7. The first-order valence-electron chi connectivity index (χ1n) is 10.2. The second kappa shape index (κ2) is 10.1. The van der Waals surface area contributed by atoms with Crippen molar-refractivity contribution in [2.24, 2.45) is 0 Å². The Kier molecular flexibility index (Phi) is 7.29. The van der Waals surface area contributed by atoms with E-state index in [2.05, 4.69) is 27.7 Å². The topological polar surface area (TPSA) is 68.2 Å². The molecule has 1 heterocycles. The summed E-state index contributed by atoms with van der Waals surface area (Å²) >= 11 is 0. The highest BCUT2D eigenvalue weighted by atomic mass is 16.2. The van der Waals surface area contributed by atoms with Crippen molar-refractivity contribution < 1.29 is 4.79 Å². The lowest BCUT2D eigenvalue weighted by Crippen LogP contribution is -2.46. The molecule has 27 heavy (non-hydrogen) atoms. The maximum Gasteiger partial charge on any atom is 0.319 e. The van der Waals surface area contributed by atoms with Crippen LogP contribution in [0.2, 0.25) is 0 Å². The summed E-state index contributed by atoms with van der Waals surface area (Å²) in [7, 11) is 0. The smallest absolute Gasteiger partial charge is 0.319 e. The van der Waals surface area contributed by atoms with Crippen LogP contribution < -0.4 is 10.6 Å². The van der Waals surface area contributed by atoms with Crippen molar-refractivity contribution >= 4 is 11.7 Å². The zero-order chi connectivity index (χ0) is 18.9. The van der Waals surface area contributed by atoms with Gasteiger partial charge in [-0.2, -0.15) is 5.26 Å². The average Bonchev–Trinajstić information content (AvgIpc) is 2.66. The van der Waals surface area contributed by atoms with Gasteiger partial charge in [0.1, 0.15) is 0 Å². The van der Waals surface area contributed by atoms with Gasteiger partial charge in [-0.15, -0.1) is 0 Å². The van der Waals surface area contributed by atoms with Crippen LogP contribution >= 0.6 is 0 Å². The standard InChI is InChI=1S/C22H30N4O/c23-16-18-8-10-20(11-9-18)24-22(27)25-21-12-14-26(15-13-21)17-19-6-4-2-1-3-5-7-19/h6,8-11,21H,1-5,7,12-15,17H2,(H2,24,25,27)/b19-6+. The molecular weight excluding hydrogens is 336 g/mol. The van der Waals surface area contributed by atoms with Crippen molar-refractivity contribution in [3.8, 4) is 6.07 Å². The van der Waals surface area contributed by atoms with Crippen LogP contribution in [0.15, 0.2) is 35.9 Å². The molecule has 1 aliphatic heterocycles. The number of nitrogens with zero attached hydrogens (tertiary/aromatic N) is 2. The number of amides is 2. The number of nitrogens with one attached hydrogen (secondary N) is 2. The molecule has 5 heteroatoms. The van der Waals surface area contributed by atoms with Gasteiger partial charge >= 0.3 is 6.03 Å². The molecule has 3 rings (SSSR count). The van der Waals surface area contributed by atoms with E-state index in [-0.39, 0.29) is 12.1 Å². The van der Waals surface area contributed by atoms with Gasteiger partial charge in [-0.3, -0.25) is 4.90 Å². The summed E-state index contributed by atoms with van der Waals surface area (Å²) < 4.78 is 0. The first-order chi connectivity index (χ1) is 13.2. The van der Waals surface area contributed by atoms with E-state index in [1.165, 1.54) is 38.5 Å². The van der Waals surface area contributed by atoms with Gasteiger partial charge in [0.2, 0.25) is 0 Å². The predicted octanol–water partition coefficient (Wildman–Crippen LogP) is 4.42. The lowest BCUT2D eigenvalue weighted by Gasteiger charge is -2.33. The first kappa shape index (κ1) is 19.4. The zero-order valence-electron chi connectivity index (χ0n) is 16.0. The molecule has 1 aromatic carbocycles. The molecular formula is C22H30N4O. The minimum absolute atomic E-state index is 0.166. The van der Waals surface area contributed by atoms with Gasteiger partial charge in [0.15, 0.2) is 0 Å². The molecule has 2 N–H and O–H groups in total. The maximum absolute atomic E-state index is 12.2. The monoisotopic (exact) mass is 366 g/mol. The number of hydrogen-bond donors (Lipinski definition) is 2. The fraction of sp³-hybridized carbons (Fsp3) is 0.545. The number of carbonyl (C=O) groups excluding carboxylic acids is 1. The van der Waals surface area contributed by atoms with Crippen molar-refractivity contribution in [3.63, 3.8) is 0 Å². The van der Waals surface area contributed by atoms with Crippen LogP contribution in [-0.4, -0.2) is 36.6 Å². The number of anilines is 1. The molecule has 2 aliphatic rings. The summed E-state index contributed by atoms with van der Waals surface area (Å²) in [5.74, 6) is 0. The van der Waals surface area contributed by atoms with E-state index >= 15 is 0 Å². The van der Waals surface area contributed by atoms with Crippen LogP contribution in [0.5, 0.6) is 0 Å². The quantitative estimate of drug-likeness (QED) is 0.775. The minimum atomic E-state index is -0.166. The van der Waals surface area contributed by atoms with Gasteiger partial charge in [0, 0.05) is 31.4 Å². The molecule has 1 aromatic rings. The van der Waals surface area contributed by atoms with Gasteiger partial charge in [0.25, 0.3) is 0 Å². The Hall–Kier alpha value is -2.32. The molecule has 0 aromatic heterocycles. The van der Waals surface area contributed by atoms with Crippen LogP contribution in [0.25, 0.3) is 0 Å². The second-order valence-corrected chi connectivity index (χ2v) is 7.65. The Morgan fingerprint density at radius 1 is 1.11 bits per heavy atom. The maximum atomic E-state index is 12.2. The average molecular weight is 367 g/mol. The third-order valence-electron chi connectivity index (χ3n) is 5.51. The fourth-order valence-electron chi connectivity index (χ4n) is 3.91. The van der Waals surface area contributed by atoms with Crippen LogP contribution in [0.3, 0.4) is 0 Å². The highest BCUT2D eigenvalue weighted by molar-refractivity contribution is 5.89. The number of benzene rings is 1. The summed E-state index contributed by atoms with van der Waals surface area (Å²) in [5.41, 5.74) is 2.91. The fourth-order valence-corrected chi connectivity index (χ4v) is 3.91. The van der Waals surface area contributed by atoms with Crippen LogP contribution in [-0.2, 0) is 0 Å². The third-order valence-corrected chi connectivity index (χ3v) is 5.51. The molecule has 144 valence electrons. The van der Waals surface area contributed by atoms with Crippen LogP contribution in [0.4, 0.5) is 10.5 Å². The van der Waals surface area contributed by atoms with E-state index in [9.17, 15) is 4.79 Å². The Balaban J connectivity index is 1.39. The number of hydrogen-bond acceptors (Lipinski definition) is 3. The number of allylic oxidation sites excluding steroid dienone is 1. The molecule has 0 unspecified atom stereocenters. The molecule has 1 fully saturated rings. The van der Waals surface area contributed by atoms with Gasteiger partial charge in [-0.25, -0.2) is 4.79 Å². The Morgan fingerprint density at radius 2 is 1.85 bits per heavy atom. The highest BCUT2D eigenvalue weighted by Gasteiger charge is 2.21. The zero-order valence-corrected chi connectivity index (χ0v) is 16.0. The third kappa shape index (κ3) is 6.41.